The summed E-state index contributed by atoms with van der Waals surface area (Å²) in [6.45, 7) is 3.79. The summed E-state index contributed by atoms with van der Waals surface area (Å²) in [6.07, 6.45) is 4.89. The number of fused-ring (bicyclic) bond motifs is 5. The molecule has 1 fully saturated rings. The first kappa shape index (κ1) is 20.0. The van der Waals surface area contributed by atoms with E-state index >= 15 is 0 Å². The summed E-state index contributed by atoms with van der Waals surface area (Å²) in [5.41, 5.74) is 5.63. The number of rotatable bonds is 4. The maximum atomic E-state index is 5.84. The van der Waals surface area contributed by atoms with E-state index in [2.05, 4.69) is 24.3 Å². The molecule has 2 unspecified atom stereocenters. The molecule has 3 heterocycles. The SMILES string of the molecule is COc1ccc2c(c1OC)C[N+]1(CC3CC3)CCc3cc4c(cc3C1C2)OCO4.[Br-]. The zero-order chi connectivity index (χ0) is 19.6. The fourth-order valence-electron chi connectivity index (χ4n) is 5.83. The van der Waals surface area contributed by atoms with Crippen LogP contribution in [0.5, 0.6) is 23.0 Å². The largest absolute Gasteiger partial charge is 1.00 e. The second-order valence-electron chi connectivity index (χ2n) is 9.04. The molecule has 30 heavy (non-hydrogen) atoms. The van der Waals surface area contributed by atoms with E-state index in [-0.39, 0.29) is 17.0 Å². The van der Waals surface area contributed by atoms with E-state index in [1.165, 1.54) is 48.2 Å². The van der Waals surface area contributed by atoms with E-state index in [4.69, 9.17) is 18.9 Å². The lowest BCUT2D eigenvalue weighted by molar-refractivity contribution is -0.975. The van der Waals surface area contributed by atoms with Crippen LogP contribution in [0.15, 0.2) is 24.3 Å². The molecule has 1 aliphatic carbocycles. The van der Waals surface area contributed by atoms with Crippen LogP contribution < -0.4 is 35.9 Å². The molecule has 2 atom stereocenters. The number of hydrogen-bond acceptors (Lipinski definition) is 4. The number of methoxy groups -OCH3 is 2. The van der Waals surface area contributed by atoms with Gasteiger partial charge in [-0.2, -0.15) is 0 Å². The molecule has 1 saturated carbocycles. The summed E-state index contributed by atoms with van der Waals surface area (Å²) >= 11 is 0. The van der Waals surface area contributed by atoms with Crippen molar-refractivity contribution in [1.29, 1.82) is 0 Å². The Kier molecular flexibility index (Phi) is 4.90. The van der Waals surface area contributed by atoms with Crippen LogP contribution in [0, 0.1) is 5.92 Å². The van der Waals surface area contributed by atoms with Crippen molar-refractivity contribution in [2.75, 3.05) is 34.1 Å². The molecule has 0 radical (unpaired) electrons. The van der Waals surface area contributed by atoms with Crippen molar-refractivity contribution in [3.05, 3.63) is 46.5 Å². The molecule has 4 aliphatic rings. The van der Waals surface area contributed by atoms with Crippen LogP contribution in [0.25, 0.3) is 0 Å². The Bertz CT molecular complexity index is 990. The van der Waals surface area contributed by atoms with Gasteiger partial charge in [0, 0.05) is 24.3 Å². The van der Waals surface area contributed by atoms with Crippen molar-refractivity contribution < 1.29 is 40.4 Å². The molecular formula is C24H28BrNO4. The molecule has 0 spiro atoms. The second kappa shape index (κ2) is 7.34. The van der Waals surface area contributed by atoms with Crippen LogP contribution in [-0.2, 0) is 19.4 Å². The van der Waals surface area contributed by atoms with Crippen molar-refractivity contribution in [3.8, 4) is 23.0 Å². The molecule has 0 aromatic heterocycles. The number of nitrogens with zero attached hydrogens (tertiary/aromatic N) is 1. The van der Waals surface area contributed by atoms with Gasteiger partial charge < -0.3 is 40.4 Å². The van der Waals surface area contributed by atoms with Gasteiger partial charge in [-0.15, -0.1) is 0 Å². The number of halogens is 1. The lowest BCUT2D eigenvalue weighted by Crippen LogP contribution is -3.00. The molecule has 6 rings (SSSR count). The number of quaternary nitrogens is 1. The Labute approximate surface area is 188 Å². The van der Waals surface area contributed by atoms with E-state index in [1.807, 2.05) is 0 Å². The Hall–Kier alpha value is -1.92. The van der Waals surface area contributed by atoms with Gasteiger partial charge in [0.1, 0.15) is 12.6 Å². The van der Waals surface area contributed by atoms with Crippen molar-refractivity contribution >= 4 is 0 Å². The van der Waals surface area contributed by atoms with Crippen LogP contribution in [-0.4, -0.2) is 38.6 Å². The molecule has 6 heteroatoms. The average Bonchev–Trinajstić information content (AvgIpc) is 3.43. The fourth-order valence-corrected chi connectivity index (χ4v) is 5.83. The summed E-state index contributed by atoms with van der Waals surface area (Å²) in [5, 5.41) is 0. The minimum Gasteiger partial charge on any atom is -1.00 e. The smallest absolute Gasteiger partial charge is 0.231 e. The summed E-state index contributed by atoms with van der Waals surface area (Å²) in [7, 11) is 3.49. The van der Waals surface area contributed by atoms with Crippen LogP contribution in [0.1, 0.15) is 41.1 Å². The van der Waals surface area contributed by atoms with Gasteiger partial charge in [-0.1, -0.05) is 6.07 Å². The molecule has 0 bridgehead atoms. The Balaban J connectivity index is 0.00000193. The van der Waals surface area contributed by atoms with Crippen LogP contribution in [0.4, 0.5) is 0 Å². The third kappa shape index (κ3) is 2.99. The molecular weight excluding hydrogens is 446 g/mol. The summed E-state index contributed by atoms with van der Waals surface area (Å²) in [6, 6.07) is 9.27. The summed E-state index contributed by atoms with van der Waals surface area (Å²) in [4.78, 5) is 0. The Morgan fingerprint density at radius 1 is 1.03 bits per heavy atom. The van der Waals surface area contributed by atoms with Gasteiger partial charge in [0.05, 0.1) is 32.9 Å². The quantitative estimate of drug-likeness (QED) is 0.621. The highest BCUT2D eigenvalue weighted by molar-refractivity contribution is 5.54. The zero-order valence-corrected chi connectivity index (χ0v) is 19.2. The van der Waals surface area contributed by atoms with Gasteiger partial charge in [-0.25, -0.2) is 0 Å². The molecule has 2 aromatic carbocycles. The topological polar surface area (TPSA) is 36.9 Å². The predicted molar refractivity (Wildman–Crippen MR) is 109 cm³/mol. The van der Waals surface area contributed by atoms with E-state index in [0.717, 1.165) is 52.8 Å². The lowest BCUT2D eigenvalue weighted by Gasteiger charge is -2.51. The highest BCUT2D eigenvalue weighted by Gasteiger charge is 2.49. The van der Waals surface area contributed by atoms with Gasteiger partial charge >= 0.3 is 0 Å². The van der Waals surface area contributed by atoms with Gasteiger partial charge in [0.15, 0.2) is 23.0 Å². The zero-order valence-electron chi connectivity index (χ0n) is 17.6. The summed E-state index contributed by atoms with van der Waals surface area (Å²) in [5.74, 6) is 4.45. The van der Waals surface area contributed by atoms with E-state index in [1.54, 1.807) is 14.2 Å². The van der Waals surface area contributed by atoms with Crippen molar-refractivity contribution in [3.63, 3.8) is 0 Å². The standard InChI is InChI=1S/C24H28NO4.BrH/c1-26-21-6-5-16-9-20-18-11-23-22(28-14-29-23)10-17(18)7-8-25(20,12-15-3-4-15)13-19(16)24(21)27-2;/h5-6,10-11,15,20H,3-4,7-9,12-14H2,1-2H3;1H/q+1;/p-1. The first-order valence-corrected chi connectivity index (χ1v) is 10.7. The fraction of sp³-hybridized carbons (Fsp3) is 0.500. The third-order valence-electron chi connectivity index (χ3n) is 7.43. The van der Waals surface area contributed by atoms with Gasteiger partial charge in [-0.3, -0.25) is 0 Å². The van der Waals surface area contributed by atoms with Crippen LogP contribution >= 0.6 is 0 Å². The monoisotopic (exact) mass is 473 g/mol. The first-order valence-electron chi connectivity index (χ1n) is 10.7. The Morgan fingerprint density at radius 2 is 1.83 bits per heavy atom. The molecule has 5 nitrogen and oxygen atoms in total. The van der Waals surface area contributed by atoms with Crippen LogP contribution in [0.2, 0.25) is 0 Å². The van der Waals surface area contributed by atoms with E-state index in [0.29, 0.717) is 12.8 Å². The lowest BCUT2D eigenvalue weighted by atomic mass is 9.80. The summed E-state index contributed by atoms with van der Waals surface area (Å²) < 4.78 is 24.0. The second-order valence-corrected chi connectivity index (χ2v) is 9.04. The molecule has 0 amide bonds. The Morgan fingerprint density at radius 3 is 2.57 bits per heavy atom. The van der Waals surface area contributed by atoms with E-state index in [9.17, 15) is 0 Å². The molecule has 0 N–H and O–H groups in total. The minimum atomic E-state index is 0. The van der Waals surface area contributed by atoms with Gasteiger partial charge in [-0.05, 0) is 42.2 Å². The maximum Gasteiger partial charge on any atom is 0.231 e. The number of hydrogen-bond donors (Lipinski definition) is 0. The maximum absolute atomic E-state index is 5.84. The highest BCUT2D eigenvalue weighted by Crippen LogP contribution is 2.52. The molecule has 0 saturated heterocycles. The number of ether oxygens (including phenoxy) is 4. The van der Waals surface area contributed by atoms with Gasteiger partial charge in [0.25, 0.3) is 0 Å². The van der Waals surface area contributed by atoms with Crippen LogP contribution in [0.3, 0.4) is 0 Å². The normalized spacial score (nSPS) is 25.5. The van der Waals surface area contributed by atoms with Gasteiger partial charge in [0.2, 0.25) is 6.79 Å². The molecule has 3 aliphatic heterocycles. The third-order valence-corrected chi connectivity index (χ3v) is 7.43. The molecule has 160 valence electrons. The van der Waals surface area contributed by atoms with Crippen molar-refractivity contribution in [1.82, 2.24) is 0 Å². The van der Waals surface area contributed by atoms with Crippen molar-refractivity contribution in [2.45, 2.75) is 38.3 Å². The van der Waals surface area contributed by atoms with E-state index < -0.39 is 0 Å². The molecule has 2 aromatic rings. The average molecular weight is 474 g/mol. The minimum absolute atomic E-state index is 0. The first-order chi connectivity index (χ1) is 14.2. The number of benzene rings is 2. The highest BCUT2D eigenvalue weighted by atomic mass is 79.9. The van der Waals surface area contributed by atoms with Crippen molar-refractivity contribution in [2.24, 2.45) is 5.92 Å². The predicted octanol–water partition coefficient (Wildman–Crippen LogP) is 1.02.